The van der Waals surface area contributed by atoms with Crippen LogP contribution in [0.5, 0.6) is 0 Å². The Kier molecular flexibility index (Phi) is 5.62. The van der Waals surface area contributed by atoms with Crippen LogP contribution < -0.4 is 5.32 Å². The van der Waals surface area contributed by atoms with Crippen LogP contribution in [0.1, 0.15) is 24.9 Å². The largest absolute Gasteiger partial charge is 0.377 e. The fraction of sp³-hybridized carbons (Fsp3) is 0.200. The topological polar surface area (TPSA) is 12.0 Å². The van der Waals surface area contributed by atoms with Crippen LogP contribution in [-0.4, -0.2) is 0 Å². The molecule has 20 heavy (non-hydrogen) atoms. The summed E-state index contributed by atoms with van der Waals surface area (Å²) in [4.78, 5) is 0. The molecule has 0 spiro atoms. The predicted molar refractivity (Wildman–Crippen MR) is 92.3 cm³/mol. The monoisotopic (exact) mass is 391 g/mol. The van der Waals surface area contributed by atoms with Crippen LogP contribution >= 0.6 is 50.7 Å². The van der Waals surface area contributed by atoms with E-state index in [2.05, 4.69) is 28.2 Å². The van der Waals surface area contributed by atoms with Gasteiger partial charge in [0.2, 0.25) is 0 Å². The average molecular weight is 394 g/mol. The summed E-state index contributed by atoms with van der Waals surface area (Å²) in [5, 5.41) is 5.29. The van der Waals surface area contributed by atoms with Crippen LogP contribution in [0.4, 0.5) is 5.69 Å². The minimum absolute atomic E-state index is 0.138. The molecule has 1 nitrogen and oxygen atoms in total. The molecule has 2 aromatic carbocycles. The Morgan fingerprint density at radius 3 is 2.45 bits per heavy atom. The van der Waals surface area contributed by atoms with Crippen molar-refractivity contribution in [1.82, 2.24) is 0 Å². The lowest BCUT2D eigenvalue weighted by molar-refractivity contribution is 0.749. The molecular formula is C15H13BrCl3N. The first kappa shape index (κ1) is 16.0. The van der Waals surface area contributed by atoms with Gasteiger partial charge in [-0.2, -0.15) is 0 Å². The van der Waals surface area contributed by atoms with Crippen molar-refractivity contribution in [3.8, 4) is 0 Å². The lowest BCUT2D eigenvalue weighted by Crippen LogP contribution is -2.10. The number of nitrogens with one attached hydrogen (secondary N) is 1. The summed E-state index contributed by atoms with van der Waals surface area (Å²) in [6, 6.07) is 11.5. The van der Waals surface area contributed by atoms with Crippen molar-refractivity contribution < 1.29 is 0 Å². The smallest absolute Gasteiger partial charge is 0.0595 e. The molecular weight excluding hydrogens is 380 g/mol. The van der Waals surface area contributed by atoms with Gasteiger partial charge in [-0.1, -0.05) is 47.8 Å². The Labute approximate surface area is 142 Å². The number of hydrogen-bond donors (Lipinski definition) is 1. The molecule has 1 atom stereocenters. The molecule has 0 saturated carbocycles. The molecule has 106 valence electrons. The predicted octanol–water partition coefficient (Wildman–Crippen LogP) is 6.97. The number of anilines is 1. The van der Waals surface area contributed by atoms with Crippen molar-refractivity contribution in [3.63, 3.8) is 0 Å². The van der Waals surface area contributed by atoms with E-state index in [1.807, 2.05) is 36.4 Å². The zero-order valence-electron chi connectivity index (χ0n) is 10.8. The first-order chi connectivity index (χ1) is 9.51. The lowest BCUT2D eigenvalue weighted by atomic mass is 10.0. The summed E-state index contributed by atoms with van der Waals surface area (Å²) in [5.41, 5.74) is 2.05. The maximum Gasteiger partial charge on any atom is 0.0595 e. The maximum atomic E-state index is 6.08. The minimum atomic E-state index is 0.138. The SMILES string of the molecule is CCC(Nc1cc(Cl)ccc1Br)c1ccc(Cl)c(Cl)c1. The van der Waals surface area contributed by atoms with Crippen LogP contribution in [0, 0.1) is 0 Å². The number of hydrogen-bond acceptors (Lipinski definition) is 1. The number of benzene rings is 2. The summed E-state index contributed by atoms with van der Waals surface area (Å²) in [7, 11) is 0. The van der Waals surface area contributed by atoms with E-state index in [1.165, 1.54) is 0 Å². The van der Waals surface area contributed by atoms with E-state index < -0.39 is 0 Å². The molecule has 1 N–H and O–H groups in total. The summed E-state index contributed by atoms with van der Waals surface area (Å²) < 4.78 is 0.973. The zero-order valence-corrected chi connectivity index (χ0v) is 14.6. The summed E-state index contributed by atoms with van der Waals surface area (Å²) in [5.74, 6) is 0. The molecule has 0 heterocycles. The third kappa shape index (κ3) is 3.82. The van der Waals surface area contributed by atoms with Crippen LogP contribution in [0.15, 0.2) is 40.9 Å². The van der Waals surface area contributed by atoms with Crippen molar-refractivity contribution in [3.05, 3.63) is 61.5 Å². The zero-order chi connectivity index (χ0) is 14.7. The maximum absolute atomic E-state index is 6.08. The minimum Gasteiger partial charge on any atom is -0.377 e. The highest BCUT2D eigenvalue weighted by atomic mass is 79.9. The van der Waals surface area contributed by atoms with E-state index in [4.69, 9.17) is 34.8 Å². The molecule has 0 aliphatic carbocycles. The summed E-state index contributed by atoms with van der Waals surface area (Å²) in [6.07, 6.45) is 0.914. The number of halogens is 4. The van der Waals surface area contributed by atoms with Crippen LogP contribution in [-0.2, 0) is 0 Å². The van der Waals surface area contributed by atoms with Gasteiger partial charge in [0.25, 0.3) is 0 Å². The molecule has 2 aromatic rings. The van der Waals surface area contributed by atoms with Crippen molar-refractivity contribution in [1.29, 1.82) is 0 Å². The molecule has 0 bridgehead atoms. The molecule has 0 saturated heterocycles. The summed E-state index contributed by atoms with van der Waals surface area (Å²) >= 11 is 21.6. The Morgan fingerprint density at radius 1 is 1.05 bits per heavy atom. The highest BCUT2D eigenvalue weighted by molar-refractivity contribution is 9.10. The van der Waals surface area contributed by atoms with Crippen molar-refractivity contribution >= 4 is 56.4 Å². The Morgan fingerprint density at radius 2 is 1.80 bits per heavy atom. The molecule has 0 radical (unpaired) electrons. The van der Waals surface area contributed by atoms with E-state index in [9.17, 15) is 0 Å². The second-order valence-corrected chi connectivity index (χ2v) is 6.51. The van der Waals surface area contributed by atoms with E-state index in [-0.39, 0.29) is 6.04 Å². The molecule has 0 aliphatic rings. The highest BCUT2D eigenvalue weighted by Gasteiger charge is 2.12. The van der Waals surface area contributed by atoms with Gasteiger partial charge >= 0.3 is 0 Å². The normalized spacial score (nSPS) is 12.2. The van der Waals surface area contributed by atoms with Crippen LogP contribution in [0.25, 0.3) is 0 Å². The summed E-state index contributed by atoms with van der Waals surface area (Å²) in [6.45, 7) is 2.11. The van der Waals surface area contributed by atoms with Crippen molar-refractivity contribution in [2.75, 3.05) is 5.32 Å². The molecule has 0 fully saturated rings. The van der Waals surface area contributed by atoms with Gasteiger partial charge in [-0.05, 0) is 58.2 Å². The third-order valence-electron chi connectivity index (χ3n) is 3.01. The van der Waals surface area contributed by atoms with E-state index in [0.29, 0.717) is 15.1 Å². The van der Waals surface area contributed by atoms with Gasteiger partial charge in [-0.25, -0.2) is 0 Å². The van der Waals surface area contributed by atoms with Gasteiger partial charge in [-0.15, -0.1) is 0 Å². The molecule has 0 amide bonds. The molecule has 0 aromatic heterocycles. The first-order valence-electron chi connectivity index (χ1n) is 6.17. The molecule has 5 heteroatoms. The van der Waals surface area contributed by atoms with Gasteiger partial charge in [0, 0.05) is 9.50 Å². The Balaban J connectivity index is 2.28. The first-order valence-corrected chi connectivity index (χ1v) is 8.10. The number of rotatable bonds is 4. The standard InChI is InChI=1S/C15H13BrCl3N/c1-2-14(9-3-6-12(18)13(19)7-9)20-15-8-10(17)4-5-11(15)16/h3-8,14,20H,2H2,1H3. The van der Waals surface area contributed by atoms with Crippen molar-refractivity contribution in [2.24, 2.45) is 0 Å². The van der Waals surface area contributed by atoms with E-state index >= 15 is 0 Å². The molecule has 2 rings (SSSR count). The lowest BCUT2D eigenvalue weighted by Gasteiger charge is -2.20. The van der Waals surface area contributed by atoms with Crippen LogP contribution in [0.2, 0.25) is 15.1 Å². The van der Waals surface area contributed by atoms with Gasteiger partial charge in [0.1, 0.15) is 0 Å². The van der Waals surface area contributed by atoms with E-state index in [0.717, 1.165) is 22.1 Å². The van der Waals surface area contributed by atoms with Gasteiger partial charge in [0.05, 0.1) is 21.8 Å². The van der Waals surface area contributed by atoms with Gasteiger partial charge < -0.3 is 5.32 Å². The second-order valence-electron chi connectivity index (χ2n) is 4.40. The van der Waals surface area contributed by atoms with Gasteiger partial charge in [-0.3, -0.25) is 0 Å². The van der Waals surface area contributed by atoms with Crippen molar-refractivity contribution in [2.45, 2.75) is 19.4 Å². The second kappa shape index (κ2) is 7.04. The third-order valence-corrected chi connectivity index (χ3v) is 4.68. The van der Waals surface area contributed by atoms with Gasteiger partial charge in [0.15, 0.2) is 0 Å². The fourth-order valence-corrected chi connectivity index (χ4v) is 2.79. The quantitative estimate of drug-likeness (QED) is 0.591. The highest BCUT2D eigenvalue weighted by Crippen LogP contribution is 2.32. The Hall–Kier alpha value is -0.410. The van der Waals surface area contributed by atoms with E-state index in [1.54, 1.807) is 0 Å². The average Bonchev–Trinajstić information content (AvgIpc) is 2.43. The van der Waals surface area contributed by atoms with Crippen LogP contribution in [0.3, 0.4) is 0 Å². The Bertz CT molecular complexity index is 616. The molecule has 1 unspecified atom stereocenters. The molecule has 0 aliphatic heterocycles. The fourth-order valence-electron chi connectivity index (χ4n) is 1.95.